The molecule has 21 heavy (non-hydrogen) atoms. The average molecular weight is 350 g/mol. The molecular weight excluding hydrogens is 335 g/mol. The molecule has 1 aliphatic heterocycles. The lowest BCUT2D eigenvalue weighted by Gasteiger charge is -2.28. The predicted molar refractivity (Wildman–Crippen MR) is 83.7 cm³/mol. The van der Waals surface area contributed by atoms with Gasteiger partial charge in [-0.2, -0.15) is 4.98 Å². The van der Waals surface area contributed by atoms with Crippen molar-refractivity contribution in [3.63, 3.8) is 0 Å². The first-order valence-corrected chi connectivity index (χ1v) is 7.12. The van der Waals surface area contributed by atoms with Crippen molar-refractivity contribution < 1.29 is 4.52 Å². The first kappa shape index (κ1) is 16.5. The molecule has 0 amide bonds. The van der Waals surface area contributed by atoms with Crippen molar-refractivity contribution in [2.24, 2.45) is 5.73 Å². The van der Waals surface area contributed by atoms with Crippen LogP contribution in [-0.2, 0) is 26.1 Å². The topological polar surface area (TPSA) is 68.2 Å². The Morgan fingerprint density at radius 1 is 1.33 bits per heavy atom. The van der Waals surface area contributed by atoms with Gasteiger partial charge in [-0.3, -0.25) is 4.90 Å². The lowest BCUT2D eigenvalue weighted by molar-refractivity contribution is 0.235. The first-order valence-electron chi connectivity index (χ1n) is 6.37. The van der Waals surface area contributed by atoms with E-state index in [2.05, 4.69) is 15.0 Å². The van der Waals surface area contributed by atoms with Gasteiger partial charge in [-0.25, -0.2) is 0 Å². The molecule has 2 heterocycles. The van der Waals surface area contributed by atoms with Crippen molar-refractivity contribution in [3.05, 3.63) is 45.0 Å². The van der Waals surface area contributed by atoms with Crippen molar-refractivity contribution in [2.75, 3.05) is 6.54 Å². The van der Waals surface area contributed by atoms with Crippen LogP contribution in [0, 0.1) is 0 Å². The Kier molecular flexibility index (Phi) is 5.46. The predicted octanol–water partition coefficient (Wildman–Crippen LogP) is 2.82. The zero-order valence-corrected chi connectivity index (χ0v) is 13.5. The SMILES string of the molecule is Cl.NCc1nc(CN2CCc3c(ccc(Cl)c3Cl)C2)no1. The smallest absolute Gasteiger partial charge is 0.240 e. The normalized spacial score (nSPS) is 14.6. The van der Waals surface area contributed by atoms with Gasteiger partial charge in [-0.05, 0) is 23.6 Å². The molecule has 0 atom stereocenters. The lowest BCUT2D eigenvalue weighted by Crippen LogP contribution is -2.30. The van der Waals surface area contributed by atoms with E-state index in [-0.39, 0.29) is 19.0 Å². The minimum atomic E-state index is 0. The molecule has 0 spiro atoms. The second-order valence-corrected chi connectivity index (χ2v) is 5.55. The number of halogens is 3. The van der Waals surface area contributed by atoms with Crippen molar-refractivity contribution in [1.29, 1.82) is 0 Å². The van der Waals surface area contributed by atoms with E-state index in [0.717, 1.165) is 25.1 Å². The molecule has 0 saturated carbocycles. The van der Waals surface area contributed by atoms with Crippen LogP contribution in [0.5, 0.6) is 0 Å². The minimum Gasteiger partial charge on any atom is -0.338 e. The van der Waals surface area contributed by atoms with E-state index in [9.17, 15) is 0 Å². The number of aromatic nitrogens is 2. The van der Waals surface area contributed by atoms with E-state index >= 15 is 0 Å². The Morgan fingerprint density at radius 2 is 2.14 bits per heavy atom. The van der Waals surface area contributed by atoms with Crippen LogP contribution in [0.4, 0.5) is 0 Å². The molecule has 3 rings (SSSR count). The van der Waals surface area contributed by atoms with Crippen molar-refractivity contribution >= 4 is 35.6 Å². The fourth-order valence-electron chi connectivity index (χ4n) is 2.41. The summed E-state index contributed by atoms with van der Waals surface area (Å²) in [5, 5.41) is 5.20. The van der Waals surface area contributed by atoms with Gasteiger partial charge in [0.25, 0.3) is 0 Å². The number of rotatable bonds is 3. The Morgan fingerprint density at radius 3 is 2.86 bits per heavy atom. The molecule has 1 aliphatic rings. The molecule has 5 nitrogen and oxygen atoms in total. The molecule has 8 heteroatoms. The second-order valence-electron chi connectivity index (χ2n) is 4.77. The van der Waals surface area contributed by atoms with Crippen molar-refractivity contribution in [3.8, 4) is 0 Å². The molecule has 114 valence electrons. The zero-order valence-electron chi connectivity index (χ0n) is 11.2. The maximum absolute atomic E-state index is 6.24. The number of hydrogen-bond donors (Lipinski definition) is 1. The minimum absolute atomic E-state index is 0. The first-order chi connectivity index (χ1) is 9.67. The molecule has 0 unspecified atom stereocenters. The maximum Gasteiger partial charge on any atom is 0.240 e. The summed E-state index contributed by atoms with van der Waals surface area (Å²) in [6, 6.07) is 3.87. The number of nitrogens with two attached hydrogens (primary N) is 1. The molecule has 0 radical (unpaired) electrons. The van der Waals surface area contributed by atoms with Crippen LogP contribution < -0.4 is 5.73 Å². The number of fused-ring (bicyclic) bond motifs is 1. The van der Waals surface area contributed by atoms with Gasteiger partial charge in [-0.1, -0.05) is 34.4 Å². The van der Waals surface area contributed by atoms with Gasteiger partial charge < -0.3 is 10.3 Å². The fourth-order valence-corrected chi connectivity index (χ4v) is 2.87. The van der Waals surface area contributed by atoms with Gasteiger partial charge in [-0.15, -0.1) is 12.4 Å². The van der Waals surface area contributed by atoms with Crippen molar-refractivity contribution in [2.45, 2.75) is 26.1 Å². The Bertz CT molecular complexity index is 632. The summed E-state index contributed by atoms with van der Waals surface area (Å²) >= 11 is 12.3. The van der Waals surface area contributed by atoms with Crippen molar-refractivity contribution in [1.82, 2.24) is 15.0 Å². The number of hydrogen-bond acceptors (Lipinski definition) is 5. The molecule has 1 aromatic carbocycles. The van der Waals surface area contributed by atoms with Crippen LogP contribution in [-0.4, -0.2) is 21.6 Å². The third kappa shape index (κ3) is 3.49. The summed E-state index contributed by atoms with van der Waals surface area (Å²) in [7, 11) is 0. The molecular formula is C13H15Cl3N4O. The summed E-state index contributed by atoms with van der Waals surface area (Å²) in [6.07, 6.45) is 0.871. The van der Waals surface area contributed by atoms with Gasteiger partial charge >= 0.3 is 0 Å². The standard InChI is InChI=1S/C13H14Cl2N4O.ClH/c14-10-2-1-8-6-19(4-3-9(8)13(10)15)7-11-17-12(5-16)20-18-11;/h1-2H,3-7,16H2;1H. The second kappa shape index (κ2) is 6.94. The van der Waals surface area contributed by atoms with Gasteiger partial charge in [0.15, 0.2) is 5.82 Å². The van der Waals surface area contributed by atoms with Gasteiger partial charge in [0.05, 0.1) is 23.1 Å². The summed E-state index contributed by atoms with van der Waals surface area (Å²) in [5.74, 6) is 1.13. The Balaban J connectivity index is 0.00000161. The summed E-state index contributed by atoms with van der Waals surface area (Å²) in [4.78, 5) is 6.47. The molecule has 0 saturated heterocycles. The number of benzene rings is 1. The third-order valence-corrected chi connectivity index (χ3v) is 4.26. The molecule has 0 fully saturated rings. The largest absolute Gasteiger partial charge is 0.338 e. The highest BCUT2D eigenvalue weighted by Crippen LogP contribution is 2.32. The Hall–Kier alpha value is -0.850. The van der Waals surface area contributed by atoms with Crippen LogP contribution in [0.25, 0.3) is 0 Å². The van der Waals surface area contributed by atoms with E-state index in [1.165, 1.54) is 5.56 Å². The quantitative estimate of drug-likeness (QED) is 0.923. The summed E-state index contributed by atoms with van der Waals surface area (Å²) in [5.41, 5.74) is 7.80. The molecule has 1 aromatic heterocycles. The van der Waals surface area contributed by atoms with E-state index < -0.39 is 0 Å². The summed E-state index contributed by atoms with van der Waals surface area (Å²) in [6.45, 7) is 2.60. The molecule has 0 aliphatic carbocycles. The summed E-state index contributed by atoms with van der Waals surface area (Å²) < 4.78 is 5.01. The van der Waals surface area contributed by atoms with Gasteiger partial charge in [0.1, 0.15) is 0 Å². The zero-order chi connectivity index (χ0) is 14.1. The highest BCUT2D eigenvalue weighted by molar-refractivity contribution is 6.42. The molecule has 0 bridgehead atoms. The Labute approximate surface area is 138 Å². The van der Waals surface area contributed by atoms with Crippen LogP contribution in [0.1, 0.15) is 22.8 Å². The number of nitrogens with zero attached hydrogens (tertiary/aromatic N) is 3. The van der Waals surface area contributed by atoms with Crippen LogP contribution >= 0.6 is 35.6 Å². The fraction of sp³-hybridized carbons (Fsp3) is 0.385. The average Bonchev–Trinajstić information content (AvgIpc) is 2.91. The van der Waals surface area contributed by atoms with Crippen LogP contribution in [0.15, 0.2) is 16.7 Å². The van der Waals surface area contributed by atoms with Crippen LogP contribution in [0.3, 0.4) is 0 Å². The maximum atomic E-state index is 6.24. The van der Waals surface area contributed by atoms with E-state index in [1.54, 1.807) is 0 Å². The van der Waals surface area contributed by atoms with E-state index in [4.69, 9.17) is 33.5 Å². The lowest BCUT2D eigenvalue weighted by atomic mass is 10.00. The third-order valence-electron chi connectivity index (χ3n) is 3.41. The van der Waals surface area contributed by atoms with Gasteiger partial charge in [0.2, 0.25) is 5.89 Å². The highest BCUT2D eigenvalue weighted by Gasteiger charge is 2.21. The van der Waals surface area contributed by atoms with Gasteiger partial charge in [0, 0.05) is 13.1 Å². The van der Waals surface area contributed by atoms with E-state index in [1.807, 2.05) is 12.1 Å². The van der Waals surface area contributed by atoms with E-state index in [0.29, 0.717) is 28.3 Å². The molecule has 2 aromatic rings. The monoisotopic (exact) mass is 348 g/mol. The highest BCUT2D eigenvalue weighted by atomic mass is 35.5. The molecule has 2 N–H and O–H groups in total. The van der Waals surface area contributed by atoms with Crippen LogP contribution in [0.2, 0.25) is 10.0 Å².